The van der Waals surface area contributed by atoms with Gasteiger partial charge in [-0.25, -0.2) is 9.79 Å². The van der Waals surface area contributed by atoms with Crippen LogP contribution in [0.25, 0.3) is 33.9 Å². The molecule has 0 saturated heterocycles. The van der Waals surface area contributed by atoms with Crippen molar-refractivity contribution in [1.82, 2.24) is 9.55 Å². The minimum atomic E-state index is -0.848. The lowest BCUT2D eigenvalue weighted by atomic mass is 9.93. The second-order valence-electron chi connectivity index (χ2n) is 10.9. The van der Waals surface area contributed by atoms with E-state index in [0.717, 1.165) is 33.3 Å². The number of benzene rings is 4. The van der Waals surface area contributed by atoms with Gasteiger partial charge in [0.1, 0.15) is 0 Å². The quantitative estimate of drug-likeness (QED) is 0.203. The number of thiazole rings is 1. The molecule has 0 saturated carbocycles. The maximum atomic E-state index is 14.6. The summed E-state index contributed by atoms with van der Waals surface area (Å²) >= 11 is 1.29. The number of hydrogen-bond donors (Lipinski definition) is 1. The van der Waals surface area contributed by atoms with Crippen LogP contribution in [0.3, 0.4) is 0 Å². The number of nitrogens with zero attached hydrogens (tertiary/aromatic N) is 2. The Morgan fingerprint density at radius 1 is 0.894 bits per heavy atom. The summed E-state index contributed by atoms with van der Waals surface area (Å²) in [6.45, 7) is 1.92. The zero-order chi connectivity index (χ0) is 32.5. The van der Waals surface area contributed by atoms with E-state index >= 15 is 0 Å². The molecule has 0 bridgehead atoms. The molecule has 0 spiro atoms. The topological polar surface area (TPSA) is 94.9 Å². The molecule has 0 aliphatic carbocycles. The van der Waals surface area contributed by atoms with Crippen molar-refractivity contribution in [3.8, 4) is 22.8 Å². The maximum absolute atomic E-state index is 14.6. The molecule has 47 heavy (non-hydrogen) atoms. The molecule has 234 valence electrons. The van der Waals surface area contributed by atoms with Gasteiger partial charge in [-0.3, -0.25) is 9.36 Å². The third-order valence-electron chi connectivity index (χ3n) is 8.18. The molecule has 3 heterocycles. The van der Waals surface area contributed by atoms with Gasteiger partial charge in [0.15, 0.2) is 16.3 Å². The summed E-state index contributed by atoms with van der Waals surface area (Å²) in [6, 6.07) is 32.1. The van der Waals surface area contributed by atoms with E-state index in [1.807, 2.05) is 97.1 Å². The Balaban J connectivity index is 1.54. The average molecular weight is 642 g/mol. The summed E-state index contributed by atoms with van der Waals surface area (Å²) in [7, 11) is 3.11. The minimum Gasteiger partial charge on any atom is -0.493 e. The van der Waals surface area contributed by atoms with Crippen LogP contribution >= 0.6 is 11.3 Å². The smallest absolute Gasteiger partial charge is 0.338 e. The molecular formula is C38H31N3O5S. The third-order valence-corrected chi connectivity index (χ3v) is 9.16. The van der Waals surface area contributed by atoms with Crippen LogP contribution in [0.4, 0.5) is 0 Å². The highest BCUT2D eigenvalue weighted by Crippen LogP contribution is 2.38. The molecule has 0 amide bonds. The summed E-state index contributed by atoms with van der Waals surface area (Å²) < 4.78 is 18.8. The highest BCUT2D eigenvalue weighted by molar-refractivity contribution is 7.07. The number of fused-ring (bicyclic) bond motifs is 2. The van der Waals surface area contributed by atoms with Crippen LogP contribution in [-0.2, 0) is 9.53 Å². The van der Waals surface area contributed by atoms with Gasteiger partial charge in [-0.05, 0) is 42.3 Å². The van der Waals surface area contributed by atoms with E-state index in [1.165, 1.54) is 11.3 Å². The number of carbonyl (C=O) groups excluding carboxylic acids is 1. The van der Waals surface area contributed by atoms with Crippen LogP contribution in [-0.4, -0.2) is 36.3 Å². The summed E-state index contributed by atoms with van der Waals surface area (Å²) in [6.07, 6.45) is 1.92. The fourth-order valence-corrected chi connectivity index (χ4v) is 7.04. The van der Waals surface area contributed by atoms with E-state index in [1.54, 1.807) is 37.8 Å². The molecule has 0 unspecified atom stereocenters. The molecule has 0 fully saturated rings. The molecule has 6 aromatic rings. The molecule has 1 atom stereocenters. The fourth-order valence-electron chi connectivity index (χ4n) is 6.06. The standard InChI is InChI=1S/C38H31N3O5S/c1-4-46-37(43)32-34(24-15-9-6-10-16-24)40-38-41(35(32)25-19-20-29(44-2)30(21-25)45-3)36(42)31(47-38)22-27-26-17-11-12-18-28(26)39-33(27)23-13-7-5-8-14-23/h5-22,35,39H,4H2,1-3H3/b31-22+/t35-/m1/s1. The highest BCUT2D eigenvalue weighted by atomic mass is 32.1. The van der Waals surface area contributed by atoms with Crippen LogP contribution in [0, 0.1) is 0 Å². The zero-order valence-corrected chi connectivity index (χ0v) is 26.8. The van der Waals surface area contributed by atoms with Gasteiger partial charge in [0.25, 0.3) is 5.56 Å². The van der Waals surface area contributed by atoms with Gasteiger partial charge in [0, 0.05) is 22.0 Å². The molecule has 1 aliphatic heterocycles. The minimum absolute atomic E-state index is 0.163. The van der Waals surface area contributed by atoms with Crippen molar-refractivity contribution >= 4 is 40.0 Å². The monoisotopic (exact) mass is 641 g/mol. The van der Waals surface area contributed by atoms with Gasteiger partial charge in [-0.15, -0.1) is 0 Å². The first-order valence-electron chi connectivity index (χ1n) is 15.2. The summed E-state index contributed by atoms with van der Waals surface area (Å²) in [5.74, 6) is 0.452. The van der Waals surface area contributed by atoms with E-state index in [9.17, 15) is 9.59 Å². The van der Waals surface area contributed by atoms with Crippen LogP contribution in [0.1, 0.15) is 29.7 Å². The first-order valence-corrected chi connectivity index (χ1v) is 16.0. The molecule has 1 N–H and O–H groups in total. The summed E-state index contributed by atoms with van der Waals surface area (Å²) in [5, 5.41) is 0.991. The van der Waals surface area contributed by atoms with Gasteiger partial charge < -0.3 is 19.2 Å². The third kappa shape index (κ3) is 5.34. The Hall–Kier alpha value is -5.67. The number of rotatable bonds is 8. The highest BCUT2D eigenvalue weighted by Gasteiger charge is 2.35. The normalized spacial score (nSPS) is 14.5. The van der Waals surface area contributed by atoms with Crippen molar-refractivity contribution in [2.45, 2.75) is 13.0 Å². The van der Waals surface area contributed by atoms with E-state index in [0.29, 0.717) is 32.1 Å². The second kappa shape index (κ2) is 12.6. The number of aromatic nitrogens is 2. The Labute approximate surface area is 274 Å². The molecular weight excluding hydrogens is 611 g/mol. The largest absolute Gasteiger partial charge is 0.493 e. The lowest BCUT2D eigenvalue weighted by molar-refractivity contribution is -0.138. The second-order valence-corrected chi connectivity index (χ2v) is 11.9. The first-order chi connectivity index (χ1) is 23.0. The molecule has 7 rings (SSSR count). The van der Waals surface area contributed by atoms with E-state index < -0.39 is 12.0 Å². The average Bonchev–Trinajstić information content (AvgIpc) is 3.64. The Morgan fingerprint density at radius 3 is 2.28 bits per heavy atom. The van der Waals surface area contributed by atoms with Crippen LogP contribution in [0.5, 0.6) is 11.5 Å². The predicted molar refractivity (Wildman–Crippen MR) is 184 cm³/mol. The van der Waals surface area contributed by atoms with Gasteiger partial charge in [0.05, 0.1) is 48.4 Å². The van der Waals surface area contributed by atoms with E-state index in [4.69, 9.17) is 19.2 Å². The molecule has 2 aromatic heterocycles. The number of esters is 1. The number of methoxy groups -OCH3 is 2. The Morgan fingerprint density at radius 2 is 1.57 bits per heavy atom. The predicted octanol–water partition coefficient (Wildman–Crippen LogP) is 6.10. The number of nitrogens with one attached hydrogen (secondary N) is 1. The van der Waals surface area contributed by atoms with E-state index in [-0.39, 0.29) is 17.7 Å². The van der Waals surface area contributed by atoms with Gasteiger partial charge in [0.2, 0.25) is 0 Å². The van der Waals surface area contributed by atoms with Crippen LogP contribution in [0.15, 0.2) is 118 Å². The van der Waals surface area contributed by atoms with Crippen molar-refractivity contribution in [2.24, 2.45) is 4.99 Å². The Kier molecular flexibility index (Phi) is 8.05. The zero-order valence-electron chi connectivity index (χ0n) is 26.0. The SMILES string of the molecule is CCOC(=O)C1=C(c2ccccc2)N=c2s/c(=C/c3c(-c4ccccc4)[nH]c4ccccc34)c(=O)n2[C@@H]1c1ccc(OC)c(OC)c1. The van der Waals surface area contributed by atoms with Crippen molar-refractivity contribution < 1.29 is 19.0 Å². The lowest BCUT2D eigenvalue weighted by Crippen LogP contribution is -2.40. The molecule has 1 aliphatic rings. The summed E-state index contributed by atoms with van der Waals surface area (Å²) in [4.78, 5) is 37.5. The van der Waals surface area contributed by atoms with Crippen molar-refractivity contribution in [3.63, 3.8) is 0 Å². The first kappa shape index (κ1) is 30.0. The van der Waals surface area contributed by atoms with Crippen molar-refractivity contribution in [1.29, 1.82) is 0 Å². The van der Waals surface area contributed by atoms with Gasteiger partial charge in [-0.1, -0.05) is 96.3 Å². The fraction of sp³-hybridized carbons (Fsp3) is 0.132. The number of H-pyrrole nitrogens is 1. The molecule has 0 radical (unpaired) electrons. The van der Waals surface area contributed by atoms with Crippen LogP contribution < -0.4 is 24.4 Å². The Bertz CT molecular complexity index is 2340. The van der Waals surface area contributed by atoms with Crippen LogP contribution in [0.2, 0.25) is 0 Å². The number of aromatic amines is 1. The van der Waals surface area contributed by atoms with Gasteiger partial charge >= 0.3 is 5.97 Å². The van der Waals surface area contributed by atoms with Crippen molar-refractivity contribution in [3.05, 3.63) is 145 Å². The molecule has 9 heteroatoms. The van der Waals surface area contributed by atoms with E-state index in [2.05, 4.69) is 4.98 Å². The number of ether oxygens (including phenoxy) is 3. The maximum Gasteiger partial charge on any atom is 0.338 e. The number of para-hydroxylation sites is 1. The molecule has 8 nitrogen and oxygen atoms in total. The summed E-state index contributed by atoms with van der Waals surface area (Å²) in [5.41, 5.74) is 5.60. The number of hydrogen-bond acceptors (Lipinski definition) is 7. The number of carbonyl (C=O) groups is 1. The lowest BCUT2D eigenvalue weighted by Gasteiger charge is -2.26. The molecule has 4 aromatic carbocycles. The van der Waals surface area contributed by atoms with Crippen molar-refractivity contribution in [2.75, 3.05) is 20.8 Å². The van der Waals surface area contributed by atoms with Gasteiger partial charge in [-0.2, -0.15) is 0 Å².